The highest BCUT2D eigenvalue weighted by molar-refractivity contribution is 5.65. The fraction of sp³-hybridized carbons (Fsp3) is 0.579. The predicted molar refractivity (Wildman–Crippen MR) is 92.2 cm³/mol. The van der Waals surface area contributed by atoms with Crippen LogP contribution < -0.4 is 4.74 Å². The van der Waals surface area contributed by atoms with Crippen LogP contribution in [0.5, 0.6) is 5.75 Å². The van der Waals surface area contributed by atoms with Gasteiger partial charge in [0.05, 0.1) is 12.7 Å². The van der Waals surface area contributed by atoms with E-state index in [1.165, 1.54) is 49.9 Å². The van der Waals surface area contributed by atoms with Gasteiger partial charge in [-0.2, -0.15) is 4.98 Å². The average Bonchev–Trinajstić information content (AvgIpc) is 3.25. The first-order chi connectivity index (χ1) is 11.6. The summed E-state index contributed by atoms with van der Waals surface area (Å²) in [4.78, 5) is 7.32. The van der Waals surface area contributed by atoms with E-state index < -0.39 is 0 Å². The van der Waals surface area contributed by atoms with Crippen molar-refractivity contribution >= 4 is 0 Å². The van der Waals surface area contributed by atoms with Crippen molar-refractivity contribution in [2.24, 2.45) is 0 Å². The lowest BCUT2D eigenvalue weighted by atomic mass is 9.90. The molecule has 1 aromatic carbocycles. The van der Waals surface area contributed by atoms with Crippen LogP contribution in [0, 0.1) is 13.8 Å². The van der Waals surface area contributed by atoms with Crippen LogP contribution in [0.1, 0.15) is 42.6 Å². The summed E-state index contributed by atoms with van der Waals surface area (Å²) in [6.45, 7) is 6.60. The van der Waals surface area contributed by atoms with E-state index >= 15 is 0 Å². The van der Waals surface area contributed by atoms with Gasteiger partial charge in [0.15, 0.2) is 5.82 Å². The number of benzene rings is 1. The second-order valence-corrected chi connectivity index (χ2v) is 7.25. The predicted octanol–water partition coefficient (Wildman–Crippen LogP) is 3.53. The highest BCUT2D eigenvalue weighted by atomic mass is 16.5. The van der Waals surface area contributed by atoms with Crippen LogP contribution in [0.3, 0.4) is 0 Å². The molecule has 2 aromatic rings. The van der Waals surface area contributed by atoms with E-state index in [2.05, 4.69) is 30.0 Å². The Hall–Kier alpha value is -1.88. The Morgan fingerprint density at radius 1 is 1.17 bits per heavy atom. The lowest BCUT2D eigenvalue weighted by Gasteiger charge is -2.30. The van der Waals surface area contributed by atoms with Crippen molar-refractivity contribution in [3.05, 3.63) is 29.1 Å². The van der Waals surface area contributed by atoms with Crippen molar-refractivity contribution in [1.82, 2.24) is 15.0 Å². The van der Waals surface area contributed by atoms with E-state index in [0.29, 0.717) is 5.89 Å². The fourth-order valence-electron chi connectivity index (χ4n) is 4.37. The first kappa shape index (κ1) is 15.6. The maximum Gasteiger partial charge on any atom is 0.261 e. The van der Waals surface area contributed by atoms with Gasteiger partial charge in [-0.1, -0.05) is 5.16 Å². The molecule has 0 atom stereocenters. The third-order valence-corrected chi connectivity index (χ3v) is 5.81. The molecular weight excluding hydrogens is 302 g/mol. The minimum atomic E-state index is 0.272. The minimum Gasteiger partial charge on any atom is -0.496 e. The average molecular weight is 327 g/mol. The third-order valence-electron chi connectivity index (χ3n) is 5.81. The summed E-state index contributed by atoms with van der Waals surface area (Å²) in [5.41, 5.74) is 3.55. The Morgan fingerprint density at radius 3 is 2.58 bits per heavy atom. The molecule has 2 saturated heterocycles. The molecule has 0 amide bonds. The molecule has 0 saturated carbocycles. The molecule has 0 bridgehead atoms. The van der Waals surface area contributed by atoms with Gasteiger partial charge in [0.25, 0.3) is 5.89 Å². The van der Waals surface area contributed by atoms with Gasteiger partial charge in [-0.25, -0.2) is 0 Å². The van der Waals surface area contributed by atoms with E-state index in [1.807, 2.05) is 6.07 Å². The summed E-state index contributed by atoms with van der Waals surface area (Å²) in [5.74, 6) is 2.16. The lowest BCUT2D eigenvalue weighted by Crippen LogP contribution is -2.40. The summed E-state index contributed by atoms with van der Waals surface area (Å²) in [5, 5.41) is 4.27. The van der Waals surface area contributed by atoms with Gasteiger partial charge in [-0.05, 0) is 75.9 Å². The number of fused-ring (bicyclic) bond motifs is 1. The van der Waals surface area contributed by atoms with Crippen LogP contribution in [0.25, 0.3) is 11.5 Å². The lowest BCUT2D eigenvalue weighted by molar-refractivity contribution is 0.190. The number of ether oxygens (including phenoxy) is 1. The number of aromatic nitrogens is 2. The molecule has 24 heavy (non-hydrogen) atoms. The molecule has 128 valence electrons. The molecule has 5 heteroatoms. The molecule has 1 aromatic heterocycles. The van der Waals surface area contributed by atoms with Crippen molar-refractivity contribution in [2.45, 2.75) is 51.5 Å². The van der Waals surface area contributed by atoms with Crippen LogP contribution in [-0.4, -0.2) is 40.8 Å². The van der Waals surface area contributed by atoms with Crippen molar-refractivity contribution in [2.75, 3.05) is 20.2 Å². The zero-order valence-corrected chi connectivity index (χ0v) is 14.8. The van der Waals surface area contributed by atoms with E-state index in [9.17, 15) is 0 Å². The Kier molecular flexibility index (Phi) is 3.83. The molecule has 0 radical (unpaired) electrons. The van der Waals surface area contributed by atoms with Gasteiger partial charge in [-0.15, -0.1) is 0 Å². The molecular formula is C19H25N3O2. The van der Waals surface area contributed by atoms with E-state index in [4.69, 9.17) is 14.2 Å². The minimum absolute atomic E-state index is 0.272. The summed E-state index contributed by atoms with van der Waals surface area (Å²) < 4.78 is 11.1. The van der Waals surface area contributed by atoms with Crippen LogP contribution in [0.4, 0.5) is 0 Å². The highest BCUT2D eigenvalue weighted by Crippen LogP contribution is 2.41. The van der Waals surface area contributed by atoms with Gasteiger partial charge in [0.2, 0.25) is 0 Å². The maximum atomic E-state index is 5.58. The standard InChI is InChI=1S/C19H25N3O2/c1-13-10-15(16(23-3)11-14(13)2)18-20-17(21-24-18)12-19-6-4-8-22(19)9-5-7-19/h10-11H,4-9,12H2,1-3H3. The fourth-order valence-corrected chi connectivity index (χ4v) is 4.37. The molecule has 0 spiro atoms. The van der Waals surface area contributed by atoms with Gasteiger partial charge in [0.1, 0.15) is 5.75 Å². The second kappa shape index (κ2) is 5.88. The van der Waals surface area contributed by atoms with Crippen LogP contribution in [0.15, 0.2) is 16.7 Å². The Morgan fingerprint density at radius 2 is 1.88 bits per heavy atom. The van der Waals surface area contributed by atoms with Crippen molar-refractivity contribution in [3.63, 3.8) is 0 Å². The largest absolute Gasteiger partial charge is 0.496 e. The number of hydrogen-bond acceptors (Lipinski definition) is 5. The van der Waals surface area contributed by atoms with Crippen molar-refractivity contribution < 1.29 is 9.26 Å². The Balaban J connectivity index is 1.63. The van der Waals surface area contributed by atoms with Crippen molar-refractivity contribution in [3.8, 4) is 17.2 Å². The van der Waals surface area contributed by atoms with Gasteiger partial charge in [0, 0.05) is 12.0 Å². The highest BCUT2D eigenvalue weighted by Gasteiger charge is 2.45. The second-order valence-electron chi connectivity index (χ2n) is 7.25. The van der Waals surface area contributed by atoms with Gasteiger partial charge in [-0.3, -0.25) is 4.90 Å². The number of hydrogen-bond donors (Lipinski definition) is 0. The molecule has 4 rings (SSSR count). The zero-order chi connectivity index (χ0) is 16.7. The smallest absolute Gasteiger partial charge is 0.261 e. The molecule has 2 fully saturated rings. The first-order valence-electron chi connectivity index (χ1n) is 8.84. The third kappa shape index (κ3) is 2.51. The van der Waals surface area contributed by atoms with Crippen LogP contribution >= 0.6 is 0 Å². The topological polar surface area (TPSA) is 51.4 Å². The molecule has 5 nitrogen and oxygen atoms in total. The summed E-state index contributed by atoms with van der Waals surface area (Å²) in [7, 11) is 1.68. The number of methoxy groups -OCH3 is 1. The Labute approximate surface area is 143 Å². The molecule has 0 aliphatic carbocycles. The quantitative estimate of drug-likeness (QED) is 0.860. The maximum absolute atomic E-state index is 5.58. The van der Waals surface area contributed by atoms with Crippen molar-refractivity contribution in [1.29, 1.82) is 0 Å². The van der Waals surface area contributed by atoms with E-state index in [0.717, 1.165) is 23.6 Å². The summed E-state index contributed by atoms with van der Waals surface area (Å²) in [6.07, 6.45) is 5.97. The molecule has 2 aliphatic rings. The monoisotopic (exact) mass is 327 g/mol. The number of aryl methyl sites for hydroxylation is 2. The molecule has 0 N–H and O–H groups in total. The summed E-state index contributed by atoms with van der Waals surface area (Å²) in [6, 6.07) is 4.10. The summed E-state index contributed by atoms with van der Waals surface area (Å²) >= 11 is 0. The molecule has 3 heterocycles. The van der Waals surface area contributed by atoms with Crippen LogP contribution in [-0.2, 0) is 6.42 Å². The SMILES string of the molecule is COc1cc(C)c(C)cc1-c1nc(CC23CCCN2CCC3)no1. The first-order valence-corrected chi connectivity index (χ1v) is 8.84. The molecule has 2 aliphatic heterocycles. The number of nitrogens with zero attached hydrogens (tertiary/aromatic N) is 3. The van der Waals surface area contributed by atoms with Crippen LogP contribution in [0.2, 0.25) is 0 Å². The Bertz CT molecular complexity index is 743. The molecule has 0 unspecified atom stereocenters. The van der Waals surface area contributed by atoms with E-state index in [1.54, 1.807) is 7.11 Å². The van der Waals surface area contributed by atoms with Gasteiger partial charge < -0.3 is 9.26 Å². The van der Waals surface area contributed by atoms with E-state index in [-0.39, 0.29) is 5.54 Å². The zero-order valence-electron chi connectivity index (χ0n) is 14.8. The normalized spacial score (nSPS) is 19.6. The van der Waals surface area contributed by atoms with Gasteiger partial charge >= 0.3 is 0 Å². The number of rotatable bonds is 4.